The Balaban J connectivity index is 2.32. The third kappa shape index (κ3) is 3.30. The number of benzene rings is 1. The zero-order valence-electron chi connectivity index (χ0n) is 9.41. The van der Waals surface area contributed by atoms with E-state index in [0.29, 0.717) is 11.1 Å². The van der Waals surface area contributed by atoms with Gasteiger partial charge in [-0.25, -0.2) is 0 Å². The molecule has 0 spiro atoms. The van der Waals surface area contributed by atoms with Gasteiger partial charge in [-0.15, -0.1) is 0 Å². The molecule has 0 aliphatic rings. The van der Waals surface area contributed by atoms with Crippen molar-refractivity contribution in [1.29, 1.82) is 0 Å². The van der Waals surface area contributed by atoms with Gasteiger partial charge in [0, 0.05) is 9.85 Å². The Labute approximate surface area is 121 Å². The van der Waals surface area contributed by atoms with E-state index in [9.17, 15) is 0 Å². The average molecular weight is 377 g/mol. The first-order valence-corrected chi connectivity index (χ1v) is 7.61. The molecule has 2 rings (SSSR count). The number of thiazole rings is 1. The highest BCUT2D eigenvalue weighted by Crippen LogP contribution is 2.34. The van der Waals surface area contributed by atoms with Crippen LogP contribution in [0.4, 0.5) is 0 Å². The van der Waals surface area contributed by atoms with Crippen LogP contribution < -0.4 is 4.74 Å². The second kappa shape index (κ2) is 5.50. The SMILES string of the molecule is CC(C)c1cc(Br)ccc1Oc1nc(Br)cs1. The molecule has 0 atom stereocenters. The van der Waals surface area contributed by atoms with Gasteiger partial charge in [0.05, 0.1) is 0 Å². The number of rotatable bonds is 3. The molecule has 0 radical (unpaired) electrons. The molecule has 17 heavy (non-hydrogen) atoms. The maximum absolute atomic E-state index is 5.80. The summed E-state index contributed by atoms with van der Waals surface area (Å²) in [6.45, 7) is 4.29. The van der Waals surface area contributed by atoms with E-state index in [4.69, 9.17) is 4.74 Å². The lowest BCUT2D eigenvalue weighted by Gasteiger charge is -2.12. The minimum atomic E-state index is 0.408. The van der Waals surface area contributed by atoms with Gasteiger partial charge >= 0.3 is 0 Å². The van der Waals surface area contributed by atoms with Crippen molar-refractivity contribution in [3.63, 3.8) is 0 Å². The number of halogens is 2. The van der Waals surface area contributed by atoms with Crippen LogP contribution >= 0.6 is 43.2 Å². The van der Waals surface area contributed by atoms with Crippen LogP contribution in [0.3, 0.4) is 0 Å². The molecule has 1 aromatic heterocycles. The van der Waals surface area contributed by atoms with Crippen LogP contribution in [0.15, 0.2) is 32.7 Å². The summed E-state index contributed by atoms with van der Waals surface area (Å²) in [4.78, 5) is 4.23. The lowest BCUT2D eigenvalue weighted by molar-refractivity contribution is 0.468. The molecule has 90 valence electrons. The smallest absolute Gasteiger partial charge is 0.279 e. The van der Waals surface area contributed by atoms with Crippen molar-refractivity contribution in [1.82, 2.24) is 4.98 Å². The Morgan fingerprint density at radius 3 is 2.65 bits per heavy atom. The van der Waals surface area contributed by atoms with Crippen LogP contribution in [0.2, 0.25) is 0 Å². The second-order valence-electron chi connectivity index (χ2n) is 3.88. The molecule has 0 aliphatic carbocycles. The van der Waals surface area contributed by atoms with Crippen molar-refractivity contribution in [2.45, 2.75) is 19.8 Å². The summed E-state index contributed by atoms with van der Waals surface area (Å²) in [5.74, 6) is 1.27. The fourth-order valence-corrected chi connectivity index (χ4v) is 2.92. The first-order valence-electron chi connectivity index (χ1n) is 5.14. The molecule has 1 aromatic carbocycles. The Bertz CT molecular complexity index is 525. The molecule has 0 bridgehead atoms. The zero-order chi connectivity index (χ0) is 12.4. The van der Waals surface area contributed by atoms with Gasteiger partial charge in [-0.3, -0.25) is 0 Å². The van der Waals surface area contributed by atoms with Crippen molar-refractivity contribution in [2.24, 2.45) is 0 Å². The number of ether oxygens (including phenoxy) is 1. The van der Waals surface area contributed by atoms with Gasteiger partial charge in [0.15, 0.2) is 0 Å². The quantitative estimate of drug-likeness (QED) is 0.697. The largest absolute Gasteiger partial charge is 0.431 e. The van der Waals surface area contributed by atoms with E-state index in [1.54, 1.807) is 0 Å². The van der Waals surface area contributed by atoms with E-state index >= 15 is 0 Å². The third-order valence-electron chi connectivity index (χ3n) is 2.25. The maximum atomic E-state index is 5.80. The normalized spacial score (nSPS) is 10.9. The van der Waals surface area contributed by atoms with Gasteiger partial charge in [0.1, 0.15) is 10.4 Å². The molecule has 0 fully saturated rings. The summed E-state index contributed by atoms with van der Waals surface area (Å²) in [6.07, 6.45) is 0. The van der Waals surface area contributed by atoms with Crippen LogP contribution in [0, 0.1) is 0 Å². The summed E-state index contributed by atoms with van der Waals surface area (Å²) >= 11 is 8.27. The van der Waals surface area contributed by atoms with Gasteiger partial charge in [-0.2, -0.15) is 4.98 Å². The van der Waals surface area contributed by atoms with Crippen molar-refractivity contribution in [3.8, 4) is 10.9 Å². The first-order chi connectivity index (χ1) is 8.06. The van der Waals surface area contributed by atoms with Crippen LogP contribution in [-0.2, 0) is 0 Å². The number of hydrogen-bond acceptors (Lipinski definition) is 3. The van der Waals surface area contributed by atoms with Gasteiger partial charge < -0.3 is 4.74 Å². The van der Waals surface area contributed by atoms with E-state index < -0.39 is 0 Å². The van der Waals surface area contributed by atoms with Gasteiger partial charge in [-0.1, -0.05) is 41.1 Å². The minimum absolute atomic E-state index is 0.408. The lowest BCUT2D eigenvalue weighted by atomic mass is 10.0. The highest BCUT2D eigenvalue weighted by molar-refractivity contribution is 9.10. The topological polar surface area (TPSA) is 22.1 Å². The van der Waals surface area contributed by atoms with Gasteiger partial charge in [0.25, 0.3) is 5.19 Å². The summed E-state index contributed by atoms with van der Waals surface area (Å²) in [5, 5.41) is 2.56. The zero-order valence-corrected chi connectivity index (χ0v) is 13.4. The van der Waals surface area contributed by atoms with E-state index in [-0.39, 0.29) is 0 Å². The van der Waals surface area contributed by atoms with E-state index in [1.807, 2.05) is 17.5 Å². The Morgan fingerprint density at radius 1 is 1.29 bits per heavy atom. The predicted octanol–water partition coefficient (Wildman–Crippen LogP) is 5.58. The fourth-order valence-electron chi connectivity index (χ4n) is 1.44. The van der Waals surface area contributed by atoms with E-state index in [0.717, 1.165) is 14.8 Å². The second-order valence-corrected chi connectivity index (χ2v) is 6.42. The van der Waals surface area contributed by atoms with Crippen LogP contribution in [0.25, 0.3) is 0 Å². The van der Waals surface area contributed by atoms with E-state index in [1.165, 1.54) is 16.9 Å². The number of hydrogen-bond donors (Lipinski definition) is 0. The van der Waals surface area contributed by atoms with Crippen LogP contribution in [0.1, 0.15) is 25.3 Å². The Hall–Kier alpha value is -0.390. The first kappa shape index (κ1) is 13.1. The molecule has 0 aliphatic heterocycles. The predicted molar refractivity (Wildman–Crippen MR) is 78.1 cm³/mol. The molecule has 0 saturated heterocycles. The molecule has 0 N–H and O–H groups in total. The molecular formula is C12H11Br2NOS. The van der Waals surface area contributed by atoms with Crippen molar-refractivity contribution in [3.05, 3.63) is 38.2 Å². The van der Waals surface area contributed by atoms with Crippen LogP contribution in [-0.4, -0.2) is 4.98 Å². The summed E-state index contributed by atoms with van der Waals surface area (Å²) in [6, 6.07) is 6.03. The van der Waals surface area contributed by atoms with E-state index in [2.05, 4.69) is 56.8 Å². The van der Waals surface area contributed by atoms with Gasteiger partial charge in [0.2, 0.25) is 0 Å². The van der Waals surface area contributed by atoms with Crippen molar-refractivity contribution < 1.29 is 4.74 Å². The Morgan fingerprint density at radius 2 is 2.06 bits per heavy atom. The highest BCUT2D eigenvalue weighted by atomic mass is 79.9. The molecule has 0 amide bonds. The van der Waals surface area contributed by atoms with Gasteiger partial charge in [-0.05, 0) is 45.6 Å². The number of nitrogens with zero attached hydrogens (tertiary/aromatic N) is 1. The van der Waals surface area contributed by atoms with Crippen molar-refractivity contribution in [2.75, 3.05) is 0 Å². The lowest BCUT2D eigenvalue weighted by Crippen LogP contribution is -1.93. The van der Waals surface area contributed by atoms with Crippen LogP contribution in [0.5, 0.6) is 10.9 Å². The molecule has 0 unspecified atom stereocenters. The monoisotopic (exact) mass is 375 g/mol. The molecule has 1 heterocycles. The summed E-state index contributed by atoms with van der Waals surface area (Å²) in [5.41, 5.74) is 1.17. The minimum Gasteiger partial charge on any atom is -0.431 e. The molecule has 2 aromatic rings. The molecule has 0 saturated carbocycles. The standard InChI is InChI=1S/C12H11Br2NOS/c1-7(2)9-5-8(13)3-4-10(9)16-12-15-11(14)6-17-12/h3-7H,1-2H3. The number of aromatic nitrogens is 1. The Kier molecular flexibility index (Phi) is 4.22. The molecular weight excluding hydrogens is 366 g/mol. The summed E-state index contributed by atoms with van der Waals surface area (Å²) < 4.78 is 7.67. The summed E-state index contributed by atoms with van der Waals surface area (Å²) in [7, 11) is 0. The average Bonchev–Trinajstić information content (AvgIpc) is 2.66. The maximum Gasteiger partial charge on any atom is 0.279 e. The highest BCUT2D eigenvalue weighted by Gasteiger charge is 2.11. The third-order valence-corrected chi connectivity index (χ3v) is 4.17. The molecule has 2 nitrogen and oxygen atoms in total. The molecule has 5 heteroatoms. The van der Waals surface area contributed by atoms with Crippen molar-refractivity contribution >= 4 is 43.2 Å². The fraction of sp³-hybridized carbons (Fsp3) is 0.250.